The summed E-state index contributed by atoms with van der Waals surface area (Å²) in [6.45, 7) is 11.2. The van der Waals surface area contributed by atoms with Gasteiger partial charge in [-0.1, -0.05) is 97.8 Å². The molecule has 0 aliphatic rings. The number of hydrogen-bond acceptors (Lipinski definition) is 0. The van der Waals surface area contributed by atoms with E-state index in [1.165, 1.54) is 140 Å². The van der Waals surface area contributed by atoms with Crippen molar-refractivity contribution in [2.45, 2.75) is 136 Å². The Kier molecular flexibility index (Phi) is 30.3. The minimum Gasteiger partial charge on any atom is -1.00 e. The molecule has 0 spiro atoms. The molecule has 0 saturated carbocycles. The highest BCUT2D eigenvalue weighted by atomic mass is 35.5. The molecule has 0 aromatic carbocycles. The lowest BCUT2D eigenvalue weighted by Crippen LogP contribution is -3.00. The summed E-state index contributed by atoms with van der Waals surface area (Å²) in [5.41, 5.74) is 0. The van der Waals surface area contributed by atoms with Gasteiger partial charge in [-0.25, -0.2) is 0 Å². The molecule has 0 fully saturated rings. The molecule has 0 rings (SSSR count). The molecule has 3 heteroatoms. The fourth-order valence-electron chi connectivity index (χ4n) is 4.16. The van der Waals surface area contributed by atoms with E-state index in [9.17, 15) is 0 Å². The van der Waals surface area contributed by atoms with Crippen molar-refractivity contribution in [1.29, 1.82) is 0 Å². The summed E-state index contributed by atoms with van der Waals surface area (Å²) in [6.07, 6.45) is 25.9. The number of rotatable bonds is 21. The lowest BCUT2D eigenvalue weighted by atomic mass is 10.1. The van der Waals surface area contributed by atoms with Crippen LogP contribution in [0.25, 0.3) is 0 Å². The van der Waals surface area contributed by atoms with E-state index in [1.807, 2.05) is 0 Å². The Morgan fingerprint density at radius 3 is 0.857 bits per heavy atom. The summed E-state index contributed by atoms with van der Waals surface area (Å²) in [4.78, 5) is 0. The number of unbranched alkanes of at least 4 members (excludes halogenated alkanes) is 15. The van der Waals surface area contributed by atoms with Gasteiger partial charge in [0.05, 0.1) is 26.7 Å². The van der Waals surface area contributed by atoms with Gasteiger partial charge in [0.2, 0.25) is 0 Å². The van der Waals surface area contributed by atoms with Gasteiger partial charge < -0.3 is 16.9 Å². The van der Waals surface area contributed by atoms with Gasteiger partial charge in [-0.15, -0.1) is 12.4 Å². The van der Waals surface area contributed by atoms with E-state index in [0.717, 1.165) is 0 Å². The van der Waals surface area contributed by atoms with Gasteiger partial charge in [0.25, 0.3) is 0 Å². The zero-order chi connectivity index (χ0) is 19.3. The molecule has 0 aliphatic carbocycles. The van der Waals surface area contributed by atoms with Crippen LogP contribution in [0.1, 0.15) is 136 Å². The van der Waals surface area contributed by atoms with Crippen molar-refractivity contribution < 1.29 is 16.9 Å². The Morgan fingerprint density at radius 1 is 0.393 bits per heavy atom. The SMILES string of the molecule is CCCCCCCC[N+](C)(CCCCCCCC)CCCCCCCC.Cl.[Cl-]. The van der Waals surface area contributed by atoms with Crippen molar-refractivity contribution in [2.75, 3.05) is 26.7 Å². The Bertz CT molecular complexity index is 230. The van der Waals surface area contributed by atoms with Crippen LogP contribution < -0.4 is 12.4 Å². The molecule has 0 aromatic heterocycles. The maximum atomic E-state index is 2.56. The van der Waals surface area contributed by atoms with Crippen molar-refractivity contribution in [3.63, 3.8) is 0 Å². The van der Waals surface area contributed by atoms with Gasteiger partial charge in [-0.2, -0.15) is 0 Å². The molecule has 174 valence electrons. The molecule has 0 radical (unpaired) electrons. The molecule has 0 unspecified atom stereocenters. The standard InChI is InChI=1S/C25H54N.2ClH/c1-5-8-11-14-17-20-23-26(4,24-21-18-15-12-9-6-2)25-22-19-16-13-10-7-3;;/h5-25H2,1-4H3;2*1H/q+1;;/p-1. The van der Waals surface area contributed by atoms with Gasteiger partial charge in [0.1, 0.15) is 0 Å². The van der Waals surface area contributed by atoms with Gasteiger partial charge >= 0.3 is 0 Å². The average molecular weight is 441 g/mol. The van der Waals surface area contributed by atoms with Crippen molar-refractivity contribution in [3.8, 4) is 0 Å². The minimum absolute atomic E-state index is 0. The van der Waals surface area contributed by atoms with Crippen LogP contribution in [0.3, 0.4) is 0 Å². The summed E-state index contributed by atoms with van der Waals surface area (Å²) < 4.78 is 1.36. The van der Waals surface area contributed by atoms with E-state index < -0.39 is 0 Å². The summed E-state index contributed by atoms with van der Waals surface area (Å²) in [7, 11) is 2.56. The summed E-state index contributed by atoms with van der Waals surface area (Å²) in [5.74, 6) is 0. The summed E-state index contributed by atoms with van der Waals surface area (Å²) >= 11 is 0. The van der Waals surface area contributed by atoms with Gasteiger partial charge in [0.15, 0.2) is 0 Å². The first-order valence-electron chi connectivity index (χ1n) is 12.5. The second-order valence-electron chi connectivity index (χ2n) is 9.09. The molecule has 0 amide bonds. The third-order valence-electron chi connectivity index (χ3n) is 6.15. The Hall–Kier alpha value is 0.540. The molecule has 0 N–H and O–H groups in total. The van der Waals surface area contributed by atoms with Crippen LogP contribution >= 0.6 is 12.4 Å². The monoisotopic (exact) mass is 439 g/mol. The highest BCUT2D eigenvalue weighted by Gasteiger charge is 2.20. The molecular formula is C25H55Cl2N. The second kappa shape index (κ2) is 25.6. The fourth-order valence-corrected chi connectivity index (χ4v) is 4.16. The van der Waals surface area contributed by atoms with Crippen LogP contribution in [0, 0.1) is 0 Å². The zero-order valence-electron chi connectivity index (χ0n) is 20.1. The normalized spacial score (nSPS) is 11.1. The molecule has 0 aliphatic heterocycles. The first kappa shape index (κ1) is 33.2. The van der Waals surface area contributed by atoms with E-state index in [4.69, 9.17) is 0 Å². The predicted molar refractivity (Wildman–Crippen MR) is 128 cm³/mol. The molecular weight excluding hydrogens is 385 g/mol. The van der Waals surface area contributed by atoms with Crippen LogP contribution in [0.4, 0.5) is 0 Å². The smallest absolute Gasteiger partial charge is 0.0784 e. The van der Waals surface area contributed by atoms with E-state index in [1.54, 1.807) is 0 Å². The van der Waals surface area contributed by atoms with Gasteiger partial charge in [0, 0.05) is 0 Å². The molecule has 0 saturated heterocycles. The quantitative estimate of drug-likeness (QED) is 0.153. The van der Waals surface area contributed by atoms with E-state index in [2.05, 4.69) is 27.8 Å². The maximum absolute atomic E-state index is 2.56. The lowest BCUT2D eigenvalue weighted by Gasteiger charge is -2.35. The van der Waals surface area contributed by atoms with Crippen LogP contribution in [0.15, 0.2) is 0 Å². The summed E-state index contributed by atoms with van der Waals surface area (Å²) in [6, 6.07) is 0. The van der Waals surface area contributed by atoms with Crippen LogP contribution in [0.5, 0.6) is 0 Å². The third-order valence-corrected chi connectivity index (χ3v) is 6.15. The Balaban J connectivity index is -0.00000312. The minimum atomic E-state index is 0. The van der Waals surface area contributed by atoms with Crippen LogP contribution in [-0.2, 0) is 0 Å². The van der Waals surface area contributed by atoms with Crippen LogP contribution in [-0.4, -0.2) is 31.2 Å². The van der Waals surface area contributed by atoms with Crippen molar-refractivity contribution in [1.82, 2.24) is 0 Å². The number of quaternary nitrogens is 1. The molecule has 28 heavy (non-hydrogen) atoms. The van der Waals surface area contributed by atoms with Crippen LogP contribution in [0.2, 0.25) is 0 Å². The van der Waals surface area contributed by atoms with Gasteiger partial charge in [-0.3, -0.25) is 0 Å². The number of hydrogen-bond donors (Lipinski definition) is 0. The average Bonchev–Trinajstić information content (AvgIpc) is 2.64. The molecule has 0 aromatic rings. The van der Waals surface area contributed by atoms with E-state index in [-0.39, 0.29) is 24.8 Å². The van der Waals surface area contributed by atoms with Crippen molar-refractivity contribution >= 4 is 12.4 Å². The predicted octanol–water partition coefficient (Wildman–Crippen LogP) is 5.94. The number of halogens is 2. The van der Waals surface area contributed by atoms with E-state index in [0.29, 0.717) is 0 Å². The lowest BCUT2D eigenvalue weighted by molar-refractivity contribution is -0.910. The van der Waals surface area contributed by atoms with Crippen molar-refractivity contribution in [2.24, 2.45) is 0 Å². The molecule has 0 atom stereocenters. The fraction of sp³-hybridized carbons (Fsp3) is 1.00. The topological polar surface area (TPSA) is 0 Å². The van der Waals surface area contributed by atoms with E-state index >= 15 is 0 Å². The zero-order valence-corrected chi connectivity index (χ0v) is 21.7. The Labute approximate surface area is 192 Å². The first-order chi connectivity index (χ1) is 12.7. The largest absolute Gasteiger partial charge is 1.00 e. The highest BCUT2D eigenvalue weighted by Crippen LogP contribution is 2.16. The maximum Gasteiger partial charge on any atom is 0.0784 e. The third kappa shape index (κ3) is 22.8. The molecule has 0 bridgehead atoms. The summed E-state index contributed by atoms with van der Waals surface area (Å²) in [5, 5.41) is 0. The highest BCUT2D eigenvalue weighted by molar-refractivity contribution is 5.85. The van der Waals surface area contributed by atoms with Crippen molar-refractivity contribution in [3.05, 3.63) is 0 Å². The molecule has 0 heterocycles. The Morgan fingerprint density at radius 2 is 0.607 bits per heavy atom. The van der Waals surface area contributed by atoms with Gasteiger partial charge in [-0.05, 0) is 38.5 Å². The number of nitrogens with zero attached hydrogens (tertiary/aromatic N) is 1. The first-order valence-corrected chi connectivity index (χ1v) is 12.5. The molecule has 1 nitrogen and oxygen atoms in total. The second-order valence-corrected chi connectivity index (χ2v) is 9.09.